The molecule has 526 valence electrons. The Hall–Kier alpha value is -15.0. The number of nitrogens with zero attached hydrogens (tertiary/aromatic N) is 5. The van der Waals surface area contributed by atoms with Crippen LogP contribution in [0, 0.1) is 0 Å². The smallest absolute Gasteiger partial charge is 0.160 e. The molecule has 0 atom stereocenters. The summed E-state index contributed by atoms with van der Waals surface area (Å²) in [7, 11) is 0. The Kier molecular flexibility index (Phi) is 14.3. The van der Waals surface area contributed by atoms with Crippen LogP contribution in [0.25, 0.3) is 157 Å². The maximum atomic E-state index is 7.06. The molecule has 0 bridgehead atoms. The van der Waals surface area contributed by atoms with Crippen LogP contribution in [0.15, 0.2) is 387 Å². The molecule has 0 radical (unpaired) electrons. The summed E-state index contributed by atoms with van der Waals surface area (Å²) in [6, 6.07) is 133. The number of fused-ring (bicyclic) bond motifs is 21. The highest BCUT2D eigenvalue weighted by atomic mass is 16.5. The largest absolute Gasteiger partial charge is 0.456 e. The van der Waals surface area contributed by atoms with Gasteiger partial charge in [-0.2, -0.15) is 0 Å². The molecule has 2 spiro atoms. The first-order valence-corrected chi connectivity index (χ1v) is 38.3. The van der Waals surface area contributed by atoms with E-state index in [1.807, 2.05) is 48.7 Å². The summed E-state index contributed by atoms with van der Waals surface area (Å²) in [6.07, 6.45) is 1.81. The van der Waals surface area contributed by atoms with Gasteiger partial charge in [-0.05, 0) is 127 Å². The van der Waals surface area contributed by atoms with E-state index in [1.54, 1.807) is 0 Å². The zero-order valence-corrected chi connectivity index (χ0v) is 60.8. The molecular formula is C105H63N5O3. The van der Waals surface area contributed by atoms with Crippen molar-refractivity contribution in [3.8, 4) is 158 Å². The van der Waals surface area contributed by atoms with E-state index >= 15 is 0 Å². The van der Waals surface area contributed by atoms with Crippen molar-refractivity contribution in [2.24, 2.45) is 0 Å². The van der Waals surface area contributed by atoms with E-state index < -0.39 is 10.8 Å². The fourth-order valence-corrected chi connectivity index (χ4v) is 18.5. The Labute approximate surface area is 652 Å². The van der Waals surface area contributed by atoms with E-state index in [4.69, 9.17) is 38.8 Å². The van der Waals surface area contributed by atoms with Crippen LogP contribution in [-0.2, 0) is 10.8 Å². The van der Waals surface area contributed by atoms with Gasteiger partial charge in [-0.25, -0.2) is 19.9 Å². The number of benzene rings is 15. The highest BCUT2D eigenvalue weighted by Gasteiger charge is 2.53. The van der Waals surface area contributed by atoms with Gasteiger partial charge in [-0.3, -0.25) is 4.98 Å². The van der Waals surface area contributed by atoms with Crippen LogP contribution in [0.3, 0.4) is 0 Å². The fourth-order valence-electron chi connectivity index (χ4n) is 18.5. The summed E-state index contributed by atoms with van der Waals surface area (Å²) < 4.78 is 21.0. The minimum absolute atomic E-state index is 0.554. The van der Waals surface area contributed by atoms with Crippen LogP contribution in [-0.4, -0.2) is 24.9 Å². The number of pyridine rings is 1. The monoisotopic (exact) mass is 1440 g/mol. The van der Waals surface area contributed by atoms with E-state index in [2.05, 4.69) is 334 Å². The summed E-state index contributed by atoms with van der Waals surface area (Å²) in [4.78, 5) is 25.9. The second-order valence-electron chi connectivity index (χ2n) is 29.6. The van der Waals surface area contributed by atoms with Gasteiger partial charge in [0.1, 0.15) is 34.2 Å². The molecule has 0 saturated heterocycles. The van der Waals surface area contributed by atoms with Crippen LogP contribution in [0.2, 0.25) is 0 Å². The van der Waals surface area contributed by atoms with Crippen molar-refractivity contribution in [1.82, 2.24) is 24.9 Å². The Bertz CT molecular complexity index is 7020. The number of hydrogen-bond donors (Lipinski definition) is 0. The minimum Gasteiger partial charge on any atom is -0.456 e. The molecule has 4 aromatic heterocycles. The van der Waals surface area contributed by atoms with Gasteiger partial charge < -0.3 is 13.9 Å². The van der Waals surface area contributed by atoms with Crippen LogP contribution < -0.4 is 9.47 Å². The van der Waals surface area contributed by atoms with Crippen molar-refractivity contribution < 1.29 is 13.9 Å². The van der Waals surface area contributed by atoms with Gasteiger partial charge in [0.15, 0.2) is 11.6 Å². The maximum Gasteiger partial charge on any atom is 0.160 e. The number of ether oxygens (including phenoxy) is 2. The molecule has 0 fully saturated rings. The van der Waals surface area contributed by atoms with Crippen molar-refractivity contribution in [3.05, 3.63) is 427 Å². The second kappa shape index (κ2) is 25.3. The summed E-state index contributed by atoms with van der Waals surface area (Å²) in [5, 5.41) is 2.05. The van der Waals surface area contributed by atoms with E-state index in [1.165, 1.54) is 44.5 Å². The molecule has 23 rings (SSSR count). The van der Waals surface area contributed by atoms with Gasteiger partial charge in [-0.15, -0.1) is 0 Å². The number of aromatic nitrogens is 5. The molecule has 2 aliphatic carbocycles. The molecule has 15 aromatic carbocycles. The molecule has 0 unspecified atom stereocenters. The highest BCUT2D eigenvalue weighted by molar-refractivity contribution is 6.11. The van der Waals surface area contributed by atoms with Crippen LogP contribution >= 0.6 is 0 Å². The van der Waals surface area contributed by atoms with E-state index in [9.17, 15) is 0 Å². The molecule has 113 heavy (non-hydrogen) atoms. The molecule has 19 aromatic rings. The number of rotatable bonds is 10. The molecule has 6 heterocycles. The lowest BCUT2D eigenvalue weighted by molar-refractivity contribution is 0.438. The zero-order chi connectivity index (χ0) is 74.3. The first-order chi connectivity index (χ1) is 56.0. The van der Waals surface area contributed by atoms with Crippen molar-refractivity contribution in [1.29, 1.82) is 0 Å². The number of para-hydroxylation sites is 5. The Morgan fingerprint density at radius 2 is 0.584 bits per heavy atom. The Balaban J connectivity index is 0.548. The third-order valence-electron chi connectivity index (χ3n) is 23.6. The molecule has 0 N–H and O–H groups in total. The number of hydrogen-bond acceptors (Lipinski definition) is 8. The maximum absolute atomic E-state index is 7.06. The molecule has 8 heteroatoms. The molecule has 4 aliphatic rings. The van der Waals surface area contributed by atoms with Gasteiger partial charge in [0, 0.05) is 83.7 Å². The van der Waals surface area contributed by atoms with E-state index in [0.29, 0.717) is 11.6 Å². The first-order valence-electron chi connectivity index (χ1n) is 38.3. The van der Waals surface area contributed by atoms with E-state index in [0.717, 1.165) is 168 Å². The third-order valence-corrected chi connectivity index (χ3v) is 23.6. The Morgan fingerprint density at radius 1 is 0.212 bits per heavy atom. The van der Waals surface area contributed by atoms with Gasteiger partial charge in [0.05, 0.1) is 39.3 Å². The van der Waals surface area contributed by atoms with Gasteiger partial charge in [-0.1, -0.05) is 322 Å². The van der Waals surface area contributed by atoms with Crippen molar-refractivity contribution in [3.63, 3.8) is 0 Å². The molecule has 2 aliphatic heterocycles. The second-order valence-corrected chi connectivity index (χ2v) is 29.6. The quantitative estimate of drug-likeness (QED) is 0.134. The molecule has 0 amide bonds. The molecule has 0 saturated carbocycles. The first kappa shape index (κ1) is 64.0. The Morgan fingerprint density at radius 3 is 1.11 bits per heavy atom. The topological polar surface area (TPSA) is 96.1 Å². The summed E-state index contributed by atoms with van der Waals surface area (Å²) in [6.45, 7) is 0. The fraction of sp³-hybridized carbons (Fsp3) is 0.0190. The van der Waals surface area contributed by atoms with Gasteiger partial charge >= 0.3 is 0 Å². The lowest BCUT2D eigenvalue weighted by atomic mass is 9.65. The third kappa shape index (κ3) is 9.86. The predicted molar refractivity (Wildman–Crippen MR) is 452 cm³/mol. The van der Waals surface area contributed by atoms with Gasteiger partial charge in [0.25, 0.3) is 0 Å². The standard InChI is InChI=1S/C105H63N5O3/c1-2-22-70(23-3-1)102-107-92(62-93(108-102)68-53-47-65(48-54-68)75-31-20-40-89-100(75)112-97-43-14-12-38-87(97)104(89)83-34-8-4-26-77(83)78-27-5-9-35-84(78)104)67-51-45-64(46-52-67)74-30-19-33-81-82-61-72(57-58-96(82)111-99(74)81)71-24-18-25-73(60-71)103-109-94(63-95(110-103)91-42-16-17-59-106-91)69-55-49-66(50-56-69)76-32-21-41-90-101(76)113-98-44-15-13-39-88(98)105(90)85-36-10-6-28-79(85)80-29-7-11-37-86(80)105/h1-63H. The zero-order valence-electron chi connectivity index (χ0n) is 60.8. The average molecular weight is 1440 g/mol. The average Bonchev–Trinajstić information content (AvgIpc) is 1.53. The predicted octanol–water partition coefficient (Wildman–Crippen LogP) is 26.2. The summed E-state index contributed by atoms with van der Waals surface area (Å²) >= 11 is 0. The summed E-state index contributed by atoms with van der Waals surface area (Å²) in [5.74, 6) is 4.68. The molecule has 8 nitrogen and oxygen atoms in total. The SMILES string of the molecule is c1ccc(-c2nc(-c3ccc(-c4cccc5c4Oc4ccccc4C54c5ccccc5-c5ccccc54)cc3)cc(-c3ccc(-c4cccc5c4oc4ccc(-c6cccc(-c7nc(-c8ccc(-c9cccc%10c9Oc9ccccc9C%109c%10ccccc%10-c%10ccccc%109)cc8)cc(-c8ccccn8)n7)c6)cc45)cc3)n2)cc1. The van der Waals surface area contributed by atoms with Crippen molar-refractivity contribution >= 4 is 21.9 Å². The van der Waals surface area contributed by atoms with Crippen LogP contribution in [0.4, 0.5) is 0 Å². The van der Waals surface area contributed by atoms with E-state index in [-0.39, 0.29) is 0 Å². The van der Waals surface area contributed by atoms with Gasteiger partial charge in [0.2, 0.25) is 0 Å². The lowest BCUT2D eigenvalue weighted by Gasteiger charge is -2.40. The normalized spacial score (nSPS) is 13.2. The number of furan rings is 1. The highest BCUT2D eigenvalue weighted by Crippen LogP contribution is 2.65. The summed E-state index contributed by atoms with van der Waals surface area (Å²) in [5.41, 5.74) is 31.9. The van der Waals surface area contributed by atoms with Crippen molar-refractivity contribution in [2.75, 3.05) is 0 Å². The van der Waals surface area contributed by atoms with Crippen LogP contribution in [0.1, 0.15) is 44.5 Å². The van der Waals surface area contributed by atoms with Crippen molar-refractivity contribution in [2.45, 2.75) is 10.8 Å². The molecular weight excluding hydrogens is 1380 g/mol. The lowest BCUT2D eigenvalue weighted by Crippen LogP contribution is -2.32. The minimum atomic E-state index is -0.561. The van der Waals surface area contributed by atoms with Crippen LogP contribution in [0.5, 0.6) is 23.0 Å².